The smallest absolute Gasteiger partial charge is 0.326 e. The van der Waals surface area contributed by atoms with E-state index in [4.69, 9.17) is 4.74 Å². The van der Waals surface area contributed by atoms with E-state index in [1.54, 1.807) is 19.1 Å². The van der Waals surface area contributed by atoms with Crippen molar-refractivity contribution in [2.75, 3.05) is 6.54 Å². The van der Waals surface area contributed by atoms with E-state index >= 15 is 0 Å². The zero-order valence-corrected chi connectivity index (χ0v) is 16.8. The van der Waals surface area contributed by atoms with Gasteiger partial charge in [0.25, 0.3) is 5.91 Å². The number of aryl methyl sites for hydroxylation is 1. The Bertz CT molecular complexity index is 1130. The minimum Gasteiger partial charge on any atom is -0.459 e. The van der Waals surface area contributed by atoms with Gasteiger partial charge < -0.3 is 10.1 Å². The maximum Gasteiger partial charge on any atom is 0.326 e. The molecule has 1 heterocycles. The van der Waals surface area contributed by atoms with E-state index < -0.39 is 30.0 Å². The van der Waals surface area contributed by atoms with Gasteiger partial charge in [0.2, 0.25) is 0 Å². The lowest BCUT2D eigenvalue weighted by atomic mass is 9.91. The van der Waals surface area contributed by atoms with Gasteiger partial charge in [-0.15, -0.1) is 0 Å². The van der Waals surface area contributed by atoms with Gasteiger partial charge in [-0.1, -0.05) is 72.3 Å². The third-order valence-electron chi connectivity index (χ3n) is 5.46. The fourth-order valence-corrected chi connectivity index (χ4v) is 3.67. The van der Waals surface area contributed by atoms with E-state index in [0.717, 1.165) is 26.8 Å². The molecule has 0 spiro atoms. The van der Waals surface area contributed by atoms with Crippen LogP contribution in [-0.4, -0.2) is 29.4 Å². The number of ether oxygens (including phenoxy) is 1. The number of amides is 3. The summed E-state index contributed by atoms with van der Waals surface area (Å²) in [5.74, 6) is -1.11. The Kier molecular flexibility index (Phi) is 4.99. The molecule has 1 N–H and O–H groups in total. The molecule has 3 aromatic carbocycles. The number of esters is 1. The molecule has 3 aromatic rings. The van der Waals surface area contributed by atoms with Gasteiger partial charge in [-0.2, -0.15) is 0 Å². The summed E-state index contributed by atoms with van der Waals surface area (Å²) in [6.07, 6.45) is 0. The standard InChI is InChI=1S/C24H22N2O4/c1-16-10-12-19(13-11-16)24(2)22(28)26(23(29)25-24)14-21(27)30-15-18-8-5-7-17-6-3-4-9-20(17)18/h3-13H,14-15H2,1-2H3,(H,25,29)/t24-/m0/s1. The molecule has 0 radical (unpaired) electrons. The van der Waals surface area contributed by atoms with Crippen molar-refractivity contribution in [1.82, 2.24) is 10.2 Å². The molecule has 152 valence electrons. The summed E-state index contributed by atoms with van der Waals surface area (Å²) in [6, 6.07) is 20.3. The molecular weight excluding hydrogens is 380 g/mol. The van der Waals surface area contributed by atoms with Crippen molar-refractivity contribution in [2.45, 2.75) is 26.0 Å². The zero-order valence-electron chi connectivity index (χ0n) is 16.8. The maximum absolute atomic E-state index is 12.9. The fourth-order valence-electron chi connectivity index (χ4n) is 3.67. The summed E-state index contributed by atoms with van der Waals surface area (Å²) in [4.78, 5) is 38.7. The molecule has 1 aliphatic rings. The number of fused-ring (bicyclic) bond motifs is 1. The normalized spacial score (nSPS) is 18.5. The lowest BCUT2D eigenvalue weighted by molar-refractivity contribution is -0.148. The van der Waals surface area contributed by atoms with E-state index in [-0.39, 0.29) is 6.61 Å². The second kappa shape index (κ2) is 7.63. The van der Waals surface area contributed by atoms with Gasteiger partial charge in [-0.25, -0.2) is 4.79 Å². The summed E-state index contributed by atoms with van der Waals surface area (Å²) in [7, 11) is 0. The minimum atomic E-state index is -1.21. The number of carbonyl (C=O) groups is 3. The first-order valence-electron chi connectivity index (χ1n) is 9.72. The van der Waals surface area contributed by atoms with Gasteiger partial charge in [0.15, 0.2) is 0 Å². The van der Waals surface area contributed by atoms with Crippen LogP contribution in [0.3, 0.4) is 0 Å². The number of imide groups is 1. The number of nitrogens with zero attached hydrogens (tertiary/aromatic N) is 1. The molecule has 4 rings (SSSR count). The minimum absolute atomic E-state index is 0.0685. The quantitative estimate of drug-likeness (QED) is 0.522. The number of urea groups is 1. The predicted molar refractivity (Wildman–Crippen MR) is 113 cm³/mol. The molecule has 1 saturated heterocycles. The van der Waals surface area contributed by atoms with Crippen LogP contribution >= 0.6 is 0 Å². The van der Waals surface area contributed by atoms with Crippen LogP contribution in [0.4, 0.5) is 4.79 Å². The largest absolute Gasteiger partial charge is 0.459 e. The molecule has 0 bridgehead atoms. The summed E-state index contributed by atoms with van der Waals surface area (Å²) < 4.78 is 5.37. The Balaban J connectivity index is 1.45. The summed E-state index contributed by atoms with van der Waals surface area (Å²) in [5.41, 5.74) is 1.37. The third kappa shape index (κ3) is 3.52. The van der Waals surface area contributed by atoms with Crippen molar-refractivity contribution in [3.8, 4) is 0 Å². The second-order valence-electron chi connectivity index (χ2n) is 7.61. The predicted octanol–water partition coefficient (Wildman–Crippen LogP) is 3.66. The van der Waals surface area contributed by atoms with Gasteiger partial charge in [-0.3, -0.25) is 14.5 Å². The second-order valence-corrected chi connectivity index (χ2v) is 7.61. The number of rotatable bonds is 5. The average Bonchev–Trinajstić information content (AvgIpc) is 2.96. The molecule has 0 aromatic heterocycles. The Morgan fingerprint density at radius 3 is 2.47 bits per heavy atom. The SMILES string of the molecule is Cc1ccc([C@]2(C)NC(=O)N(CC(=O)OCc3cccc4ccccc34)C2=O)cc1. The van der Waals surface area contributed by atoms with E-state index in [0.29, 0.717) is 5.56 Å². The Morgan fingerprint density at radius 2 is 1.70 bits per heavy atom. The van der Waals surface area contributed by atoms with E-state index in [9.17, 15) is 14.4 Å². The molecule has 0 saturated carbocycles. The number of hydrogen-bond acceptors (Lipinski definition) is 4. The first kappa shape index (κ1) is 19.6. The Labute approximate surface area is 174 Å². The van der Waals surface area contributed by atoms with Crippen LogP contribution in [0.2, 0.25) is 0 Å². The van der Waals surface area contributed by atoms with E-state index in [1.165, 1.54) is 0 Å². The van der Waals surface area contributed by atoms with Gasteiger partial charge in [0.05, 0.1) is 0 Å². The number of hydrogen-bond donors (Lipinski definition) is 1. The molecule has 1 atom stereocenters. The van der Waals surface area contributed by atoms with Crippen LogP contribution in [0.5, 0.6) is 0 Å². The van der Waals surface area contributed by atoms with Crippen LogP contribution in [0.15, 0.2) is 66.7 Å². The number of nitrogens with one attached hydrogen (secondary N) is 1. The molecular formula is C24H22N2O4. The van der Waals surface area contributed by atoms with Crippen LogP contribution in [0.1, 0.15) is 23.6 Å². The molecule has 0 aliphatic carbocycles. The highest BCUT2D eigenvalue weighted by Gasteiger charge is 2.49. The average molecular weight is 402 g/mol. The van der Waals surface area contributed by atoms with Gasteiger partial charge >= 0.3 is 12.0 Å². The maximum atomic E-state index is 12.9. The van der Waals surface area contributed by atoms with E-state index in [1.807, 2.05) is 61.5 Å². The molecule has 1 aliphatic heterocycles. The summed E-state index contributed by atoms with van der Waals surface area (Å²) >= 11 is 0. The van der Waals surface area contributed by atoms with Crippen LogP contribution in [0, 0.1) is 6.92 Å². The van der Waals surface area contributed by atoms with Crippen LogP contribution in [-0.2, 0) is 26.5 Å². The van der Waals surface area contributed by atoms with Crippen molar-refractivity contribution in [3.05, 3.63) is 83.4 Å². The van der Waals surface area contributed by atoms with Crippen molar-refractivity contribution in [1.29, 1.82) is 0 Å². The van der Waals surface area contributed by atoms with Crippen LogP contribution < -0.4 is 5.32 Å². The molecule has 3 amide bonds. The van der Waals surface area contributed by atoms with Gasteiger partial charge in [0.1, 0.15) is 18.7 Å². The third-order valence-corrected chi connectivity index (χ3v) is 5.46. The first-order valence-corrected chi connectivity index (χ1v) is 9.72. The highest BCUT2D eigenvalue weighted by atomic mass is 16.5. The topological polar surface area (TPSA) is 75.7 Å². The van der Waals surface area contributed by atoms with Crippen molar-refractivity contribution >= 4 is 28.7 Å². The molecule has 0 unspecified atom stereocenters. The van der Waals surface area contributed by atoms with Crippen molar-refractivity contribution < 1.29 is 19.1 Å². The number of carbonyl (C=O) groups excluding carboxylic acids is 3. The molecule has 1 fully saturated rings. The molecule has 30 heavy (non-hydrogen) atoms. The zero-order chi connectivity index (χ0) is 21.3. The molecule has 6 heteroatoms. The summed E-state index contributed by atoms with van der Waals surface area (Å²) in [5, 5.41) is 4.74. The highest BCUT2D eigenvalue weighted by molar-refractivity contribution is 6.08. The Morgan fingerprint density at radius 1 is 1.00 bits per heavy atom. The molecule has 6 nitrogen and oxygen atoms in total. The monoisotopic (exact) mass is 402 g/mol. The van der Waals surface area contributed by atoms with Gasteiger partial charge in [-0.05, 0) is 35.7 Å². The lowest BCUT2D eigenvalue weighted by Gasteiger charge is -2.22. The van der Waals surface area contributed by atoms with Gasteiger partial charge in [0, 0.05) is 0 Å². The summed E-state index contributed by atoms with van der Waals surface area (Å²) in [6.45, 7) is 3.22. The lowest BCUT2D eigenvalue weighted by Crippen LogP contribution is -2.41. The highest BCUT2D eigenvalue weighted by Crippen LogP contribution is 2.29. The van der Waals surface area contributed by atoms with Crippen molar-refractivity contribution in [3.63, 3.8) is 0 Å². The van der Waals surface area contributed by atoms with Crippen molar-refractivity contribution in [2.24, 2.45) is 0 Å². The van der Waals surface area contributed by atoms with Crippen LogP contribution in [0.25, 0.3) is 10.8 Å². The Hall–Kier alpha value is -3.67. The first-order chi connectivity index (χ1) is 14.4. The number of benzene rings is 3. The fraction of sp³-hybridized carbons (Fsp3) is 0.208. The van der Waals surface area contributed by atoms with E-state index in [2.05, 4.69) is 5.32 Å².